The lowest BCUT2D eigenvalue weighted by atomic mass is 9.99. The van der Waals surface area contributed by atoms with Crippen molar-refractivity contribution in [2.75, 3.05) is 19.7 Å². The summed E-state index contributed by atoms with van der Waals surface area (Å²) in [6.45, 7) is 5.40. The second kappa shape index (κ2) is 6.27. The Balaban J connectivity index is 1.60. The van der Waals surface area contributed by atoms with Gasteiger partial charge in [-0.25, -0.2) is 0 Å². The lowest BCUT2D eigenvalue weighted by Crippen LogP contribution is -2.52. The van der Waals surface area contributed by atoms with Crippen LogP contribution in [0.4, 0.5) is 0 Å². The van der Waals surface area contributed by atoms with Crippen molar-refractivity contribution in [3.05, 3.63) is 36.2 Å². The van der Waals surface area contributed by atoms with E-state index >= 15 is 0 Å². The minimum atomic E-state index is -0.395. The number of nitrogens with zero attached hydrogens (tertiary/aromatic N) is 3. The Kier molecular flexibility index (Phi) is 4.20. The average molecular weight is 301 g/mol. The molecule has 116 valence electrons. The van der Waals surface area contributed by atoms with Crippen LogP contribution in [0.5, 0.6) is 0 Å². The Hall–Kier alpha value is -2.21. The third-order valence-corrected chi connectivity index (χ3v) is 3.78. The summed E-state index contributed by atoms with van der Waals surface area (Å²) in [4.78, 5) is 18.2. The zero-order valence-corrected chi connectivity index (χ0v) is 12.7. The zero-order valence-electron chi connectivity index (χ0n) is 12.7. The normalized spacial score (nSPS) is 16.4. The summed E-state index contributed by atoms with van der Waals surface area (Å²) in [6.07, 6.45) is -0.395. The van der Waals surface area contributed by atoms with Crippen LogP contribution < -0.4 is 0 Å². The fraction of sp³-hybridized carbons (Fsp3) is 0.438. The molecule has 0 aliphatic carbocycles. The van der Waals surface area contributed by atoms with Crippen molar-refractivity contribution in [3.8, 4) is 11.4 Å². The van der Waals surface area contributed by atoms with Gasteiger partial charge >= 0.3 is 0 Å². The molecular formula is C16H19N3O3. The zero-order chi connectivity index (χ0) is 15.5. The Morgan fingerprint density at radius 3 is 2.82 bits per heavy atom. The van der Waals surface area contributed by atoms with E-state index < -0.39 is 6.10 Å². The van der Waals surface area contributed by atoms with E-state index in [1.807, 2.05) is 37.3 Å². The van der Waals surface area contributed by atoms with Crippen molar-refractivity contribution in [1.82, 2.24) is 15.0 Å². The summed E-state index contributed by atoms with van der Waals surface area (Å²) in [5.74, 6) is 1.30. The SMILES string of the molecule is CCOC(C)C(=O)N1CC(c2nc(-c3ccccc3)no2)C1. The number of ether oxygens (including phenoxy) is 1. The number of benzene rings is 1. The minimum Gasteiger partial charge on any atom is -0.369 e. The molecule has 1 unspecified atom stereocenters. The maximum Gasteiger partial charge on any atom is 0.251 e. The Bertz CT molecular complexity index is 635. The first-order valence-corrected chi connectivity index (χ1v) is 7.48. The number of likely N-dealkylation sites (tertiary alicyclic amines) is 1. The molecule has 0 N–H and O–H groups in total. The lowest BCUT2D eigenvalue weighted by molar-refractivity contribution is -0.147. The van der Waals surface area contributed by atoms with Crippen LogP contribution in [0.15, 0.2) is 34.9 Å². The van der Waals surface area contributed by atoms with Crippen LogP contribution in [0.25, 0.3) is 11.4 Å². The van der Waals surface area contributed by atoms with Gasteiger partial charge in [0, 0.05) is 25.3 Å². The molecule has 6 nitrogen and oxygen atoms in total. The van der Waals surface area contributed by atoms with Gasteiger partial charge in [0.2, 0.25) is 11.7 Å². The summed E-state index contributed by atoms with van der Waals surface area (Å²) in [7, 11) is 0. The highest BCUT2D eigenvalue weighted by Gasteiger charge is 2.37. The number of amides is 1. The second-order valence-corrected chi connectivity index (χ2v) is 5.36. The Morgan fingerprint density at radius 1 is 1.41 bits per heavy atom. The molecule has 1 aliphatic heterocycles. The molecule has 1 aliphatic rings. The molecule has 2 aromatic rings. The van der Waals surface area contributed by atoms with Gasteiger partial charge in [0.25, 0.3) is 5.91 Å². The molecule has 22 heavy (non-hydrogen) atoms. The molecule has 0 spiro atoms. The first kappa shape index (κ1) is 14.7. The number of carbonyl (C=O) groups excluding carboxylic acids is 1. The summed E-state index contributed by atoms with van der Waals surface area (Å²) < 4.78 is 10.6. The Labute approximate surface area is 129 Å². The van der Waals surface area contributed by atoms with Gasteiger partial charge in [-0.15, -0.1) is 0 Å². The van der Waals surface area contributed by atoms with Crippen LogP contribution in [0.2, 0.25) is 0 Å². The van der Waals surface area contributed by atoms with Gasteiger partial charge in [-0.1, -0.05) is 35.5 Å². The third-order valence-electron chi connectivity index (χ3n) is 3.78. The predicted molar refractivity (Wildman–Crippen MR) is 80.1 cm³/mol. The minimum absolute atomic E-state index is 0.0147. The number of hydrogen-bond donors (Lipinski definition) is 0. The molecule has 0 saturated carbocycles. The van der Waals surface area contributed by atoms with E-state index in [1.165, 1.54) is 0 Å². The van der Waals surface area contributed by atoms with Crippen LogP contribution >= 0.6 is 0 Å². The summed E-state index contributed by atoms with van der Waals surface area (Å²) in [6, 6.07) is 9.69. The van der Waals surface area contributed by atoms with Gasteiger partial charge < -0.3 is 14.2 Å². The monoisotopic (exact) mass is 301 g/mol. The van der Waals surface area contributed by atoms with Gasteiger partial charge in [0.1, 0.15) is 6.10 Å². The molecule has 1 aromatic carbocycles. The molecule has 6 heteroatoms. The lowest BCUT2D eigenvalue weighted by Gasteiger charge is -2.38. The molecule has 1 amide bonds. The molecule has 3 rings (SSSR count). The highest BCUT2D eigenvalue weighted by atomic mass is 16.5. The standard InChI is InChI=1S/C16H19N3O3/c1-3-21-11(2)16(20)19-9-13(10-19)15-17-14(18-22-15)12-7-5-4-6-8-12/h4-8,11,13H,3,9-10H2,1-2H3. The van der Waals surface area contributed by atoms with E-state index in [2.05, 4.69) is 10.1 Å². The molecular weight excluding hydrogens is 282 g/mol. The second-order valence-electron chi connectivity index (χ2n) is 5.36. The predicted octanol–water partition coefficient (Wildman–Crippen LogP) is 2.09. The van der Waals surface area contributed by atoms with E-state index in [-0.39, 0.29) is 11.8 Å². The van der Waals surface area contributed by atoms with Crippen LogP contribution in [-0.2, 0) is 9.53 Å². The molecule has 1 saturated heterocycles. The van der Waals surface area contributed by atoms with Crippen molar-refractivity contribution in [2.45, 2.75) is 25.9 Å². The van der Waals surface area contributed by atoms with E-state index in [0.717, 1.165) is 5.56 Å². The van der Waals surface area contributed by atoms with Crippen molar-refractivity contribution >= 4 is 5.91 Å². The molecule has 2 heterocycles. The van der Waals surface area contributed by atoms with Crippen LogP contribution in [0.3, 0.4) is 0 Å². The van der Waals surface area contributed by atoms with Crippen LogP contribution in [-0.4, -0.2) is 46.7 Å². The first-order chi connectivity index (χ1) is 10.7. The first-order valence-electron chi connectivity index (χ1n) is 7.48. The maximum absolute atomic E-state index is 12.1. The highest BCUT2D eigenvalue weighted by Crippen LogP contribution is 2.28. The maximum atomic E-state index is 12.1. The van der Waals surface area contributed by atoms with E-state index in [0.29, 0.717) is 31.4 Å². The van der Waals surface area contributed by atoms with Crippen LogP contribution in [0, 0.1) is 0 Å². The average Bonchev–Trinajstić information content (AvgIpc) is 2.96. The van der Waals surface area contributed by atoms with E-state index in [1.54, 1.807) is 11.8 Å². The van der Waals surface area contributed by atoms with Gasteiger partial charge in [0.05, 0.1) is 5.92 Å². The van der Waals surface area contributed by atoms with Crippen molar-refractivity contribution < 1.29 is 14.1 Å². The Morgan fingerprint density at radius 2 is 2.14 bits per heavy atom. The van der Waals surface area contributed by atoms with E-state index in [4.69, 9.17) is 9.26 Å². The molecule has 1 aromatic heterocycles. The summed E-state index contributed by atoms with van der Waals surface area (Å²) in [5, 5.41) is 4.01. The van der Waals surface area contributed by atoms with Crippen molar-refractivity contribution in [1.29, 1.82) is 0 Å². The quantitative estimate of drug-likeness (QED) is 0.846. The summed E-state index contributed by atoms with van der Waals surface area (Å²) in [5.41, 5.74) is 0.926. The summed E-state index contributed by atoms with van der Waals surface area (Å²) >= 11 is 0. The smallest absolute Gasteiger partial charge is 0.251 e. The third kappa shape index (κ3) is 2.87. The molecule has 1 fully saturated rings. The van der Waals surface area contributed by atoms with Gasteiger partial charge in [-0.3, -0.25) is 4.79 Å². The number of carbonyl (C=O) groups is 1. The van der Waals surface area contributed by atoms with Crippen molar-refractivity contribution in [2.24, 2.45) is 0 Å². The molecule has 0 bridgehead atoms. The largest absolute Gasteiger partial charge is 0.369 e. The fourth-order valence-corrected chi connectivity index (χ4v) is 2.50. The molecule has 1 atom stereocenters. The number of hydrogen-bond acceptors (Lipinski definition) is 5. The topological polar surface area (TPSA) is 68.5 Å². The number of rotatable bonds is 5. The van der Waals surface area contributed by atoms with E-state index in [9.17, 15) is 4.79 Å². The van der Waals surface area contributed by atoms with Gasteiger partial charge in [-0.05, 0) is 13.8 Å². The van der Waals surface area contributed by atoms with Crippen molar-refractivity contribution in [3.63, 3.8) is 0 Å². The van der Waals surface area contributed by atoms with Crippen LogP contribution in [0.1, 0.15) is 25.7 Å². The fourth-order valence-electron chi connectivity index (χ4n) is 2.50. The van der Waals surface area contributed by atoms with Gasteiger partial charge in [-0.2, -0.15) is 4.98 Å². The highest BCUT2D eigenvalue weighted by molar-refractivity contribution is 5.81. The molecule has 0 radical (unpaired) electrons. The van der Waals surface area contributed by atoms with Gasteiger partial charge in [0.15, 0.2) is 0 Å². The number of aromatic nitrogens is 2.